The van der Waals surface area contributed by atoms with Crippen LogP contribution in [0.15, 0.2) is 72.8 Å². The van der Waals surface area contributed by atoms with Gasteiger partial charge in [-0.3, -0.25) is 9.13 Å². The molecule has 3 aromatic rings. The van der Waals surface area contributed by atoms with Crippen LogP contribution in [0.2, 0.25) is 0 Å². The summed E-state index contributed by atoms with van der Waals surface area (Å²) in [6.45, 7) is 0. The summed E-state index contributed by atoms with van der Waals surface area (Å²) in [6.07, 6.45) is 0. The Morgan fingerprint density at radius 2 is 0.957 bits per heavy atom. The van der Waals surface area contributed by atoms with Gasteiger partial charge in [0.1, 0.15) is 0 Å². The Kier molecular flexibility index (Phi) is 4.41. The molecule has 2 atom stereocenters. The maximum atomic E-state index is 12.7. The molecule has 0 saturated carbocycles. The van der Waals surface area contributed by atoms with E-state index in [0.717, 1.165) is 11.3 Å². The lowest BCUT2D eigenvalue weighted by atomic mass is 10.4. The molecule has 118 valence electrons. The van der Waals surface area contributed by atoms with E-state index in [2.05, 4.69) is 0 Å². The molecule has 2 aromatic carbocycles. The molecule has 0 spiro atoms. The Balaban J connectivity index is 2.01. The second-order valence-corrected chi connectivity index (χ2v) is 10.9. The molecule has 1 heterocycles. The first kappa shape index (κ1) is 16.4. The summed E-state index contributed by atoms with van der Waals surface area (Å²) in [5, 5.41) is 0.613. The number of benzene rings is 2. The smallest absolute Gasteiger partial charge is 0.268 e. The number of hydrogen-bond acceptors (Lipinski definition) is 3. The third kappa shape index (κ3) is 3.12. The maximum absolute atomic E-state index is 12.7. The van der Waals surface area contributed by atoms with Crippen molar-refractivity contribution < 1.29 is 18.9 Å². The van der Waals surface area contributed by atoms with Crippen LogP contribution >= 0.6 is 26.1 Å². The van der Waals surface area contributed by atoms with Gasteiger partial charge in [-0.05, 0) is 36.4 Å². The summed E-state index contributed by atoms with van der Waals surface area (Å²) in [5.74, 6) is 0. The van der Waals surface area contributed by atoms with Gasteiger partial charge in [0.2, 0.25) is 0 Å². The lowest BCUT2D eigenvalue weighted by Crippen LogP contribution is -2.14. The zero-order valence-electron chi connectivity index (χ0n) is 11.9. The van der Waals surface area contributed by atoms with Gasteiger partial charge in [0.15, 0.2) is 0 Å². The van der Waals surface area contributed by atoms with E-state index in [1.807, 2.05) is 0 Å². The van der Waals surface area contributed by atoms with Crippen LogP contribution in [0.25, 0.3) is 0 Å². The summed E-state index contributed by atoms with van der Waals surface area (Å²) in [6, 6.07) is 19.5. The molecule has 0 saturated heterocycles. The molecule has 3 rings (SSSR count). The molecule has 0 amide bonds. The Bertz CT molecular complexity index is 832. The highest BCUT2D eigenvalue weighted by atomic mass is 32.1. The first-order valence-electron chi connectivity index (χ1n) is 6.80. The summed E-state index contributed by atoms with van der Waals surface area (Å²) >= 11 is 0.910. The standard InChI is InChI=1S/C16H14O4P2S/c17-21(18,13-7-3-1-4-8-13)15-11-12-16(23-15)22(19,20)14-9-5-2-6-10-14/h1-12H,(H,17,18)(H,19,20). The fourth-order valence-corrected chi connectivity index (χ4v) is 7.29. The zero-order chi connectivity index (χ0) is 16.5. The molecule has 0 fully saturated rings. The highest BCUT2D eigenvalue weighted by Crippen LogP contribution is 2.44. The first-order valence-corrected chi connectivity index (χ1v) is 10.9. The number of thiophene rings is 1. The number of rotatable bonds is 4. The van der Waals surface area contributed by atoms with Crippen LogP contribution in [0.1, 0.15) is 0 Å². The van der Waals surface area contributed by atoms with Gasteiger partial charge in [0.05, 0.1) is 9.24 Å². The van der Waals surface area contributed by atoms with Crippen molar-refractivity contribution in [2.45, 2.75) is 0 Å². The highest BCUT2D eigenvalue weighted by Gasteiger charge is 2.31. The summed E-state index contributed by atoms with van der Waals surface area (Å²) in [4.78, 5) is 20.8. The second-order valence-electron chi connectivity index (χ2n) is 4.94. The van der Waals surface area contributed by atoms with Crippen LogP contribution in [0, 0.1) is 0 Å². The second kappa shape index (κ2) is 6.20. The van der Waals surface area contributed by atoms with Crippen molar-refractivity contribution in [2.75, 3.05) is 0 Å². The molecule has 0 aliphatic rings. The van der Waals surface area contributed by atoms with Crippen molar-refractivity contribution >= 4 is 45.9 Å². The van der Waals surface area contributed by atoms with E-state index in [9.17, 15) is 18.9 Å². The third-order valence-corrected chi connectivity index (χ3v) is 9.60. The molecule has 4 nitrogen and oxygen atoms in total. The van der Waals surface area contributed by atoms with Crippen LogP contribution in [-0.4, -0.2) is 9.79 Å². The fourth-order valence-electron chi connectivity index (χ4n) is 2.16. The minimum absolute atomic E-state index is 0.198. The Hall–Kier alpha value is -1.48. The first-order chi connectivity index (χ1) is 10.9. The summed E-state index contributed by atoms with van der Waals surface area (Å²) in [5.41, 5.74) is 0. The SMILES string of the molecule is O=P(O)(c1ccccc1)c1ccc(P(=O)(O)c2ccccc2)s1. The summed E-state index contributed by atoms with van der Waals surface area (Å²) in [7, 11) is -7.50. The van der Waals surface area contributed by atoms with Gasteiger partial charge < -0.3 is 9.79 Å². The Morgan fingerprint density at radius 3 is 1.30 bits per heavy atom. The lowest BCUT2D eigenvalue weighted by Gasteiger charge is -2.11. The lowest BCUT2D eigenvalue weighted by molar-refractivity contribution is 0.500. The van der Waals surface area contributed by atoms with E-state index in [-0.39, 0.29) is 9.24 Å². The van der Waals surface area contributed by atoms with Gasteiger partial charge >= 0.3 is 0 Å². The van der Waals surface area contributed by atoms with E-state index < -0.39 is 14.7 Å². The highest BCUT2D eigenvalue weighted by molar-refractivity contribution is 7.84. The molecule has 7 heteroatoms. The van der Waals surface area contributed by atoms with Crippen molar-refractivity contribution in [3.05, 3.63) is 72.8 Å². The summed E-state index contributed by atoms with van der Waals surface area (Å²) < 4.78 is 25.8. The van der Waals surface area contributed by atoms with Crippen LogP contribution in [-0.2, 0) is 9.13 Å². The van der Waals surface area contributed by atoms with Crippen molar-refractivity contribution in [1.82, 2.24) is 0 Å². The molecule has 2 unspecified atom stereocenters. The zero-order valence-corrected chi connectivity index (χ0v) is 14.5. The number of hydrogen-bond donors (Lipinski definition) is 2. The average molecular weight is 364 g/mol. The maximum Gasteiger partial charge on any atom is 0.268 e. The minimum Gasteiger partial charge on any atom is -0.337 e. The van der Waals surface area contributed by atoms with Crippen LogP contribution in [0.4, 0.5) is 0 Å². The van der Waals surface area contributed by atoms with Crippen molar-refractivity contribution in [3.63, 3.8) is 0 Å². The molecular weight excluding hydrogens is 350 g/mol. The van der Waals surface area contributed by atoms with Gasteiger partial charge in [-0.15, -0.1) is 11.3 Å². The van der Waals surface area contributed by atoms with E-state index in [1.165, 1.54) is 12.1 Å². The van der Waals surface area contributed by atoms with E-state index in [4.69, 9.17) is 0 Å². The Morgan fingerprint density at radius 1 is 0.609 bits per heavy atom. The van der Waals surface area contributed by atoms with Gasteiger partial charge in [-0.1, -0.05) is 36.4 Å². The van der Waals surface area contributed by atoms with Gasteiger partial charge in [0, 0.05) is 10.6 Å². The predicted octanol–water partition coefficient (Wildman–Crippen LogP) is 2.19. The van der Waals surface area contributed by atoms with Crippen molar-refractivity contribution in [1.29, 1.82) is 0 Å². The van der Waals surface area contributed by atoms with Crippen LogP contribution in [0.3, 0.4) is 0 Å². The molecule has 0 bridgehead atoms. The molecule has 0 aliphatic heterocycles. The van der Waals surface area contributed by atoms with Gasteiger partial charge in [-0.25, -0.2) is 0 Å². The molecule has 23 heavy (non-hydrogen) atoms. The average Bonchev–Trinajstić information content (AvgIpc) is 3.08. The van der Waals surface area contributed by atoms with Gasteiger partial charge in [-0.2, -0.15) is 0 Å². The Labute approximate surface area is 138 Å². The molecule has 0 aliphatic carbocycles. The van der Waals surface area contributed by atoms with E-state index >= 15 is 0 Å². The fraction of sp³-hybridized carbons (Fsp3) is 0. The third-order valence-electron chi connectivity index (χ3n) is 3.39. The normalized spacial score (nSPS) is 16.4. The van der Waals surface area contributed by atoms with E-state index in [0.29, 0.717) is 10.6 Å². The quantitative estimate of drug-likeness (QED) is 0.696. The van der Waals surface area contributed by atoms with Crippen molar-refractivity contribution in [3.8, 4) is 0 Å². The van der Waals surface area contributed by atoms with E-state index in [1.54, 1.807) is 60.7 Å². The van der Waals surface area contributed by atoms with Crippen molar-refractivity contribution in [2.24, 2.45) is 0 Å². The topological polar surface area (TPSA) is 74.6 Å². The van der Waals surface area contributed by atoms with Crippen LogP contribution < -0.4 is 19.8 Å². The predicted molar refractivity (Wildman–Crippen MR) is 95.4 cm³/mol. The monoisotopic (exact) mass is 364 g/mol. The molecular formula is C16H14O4P2S. The molecule has 2 N–H and O–H groups in total. The molecule has 0 radical (unpaired) electrons. The molecule has 1 aromatic heterocycles. The largest absolute Gasteiger partial charge is 0.337 e. The van der Waals surface area contributed by atoms with Crippen LogP contribution in [0.5, 0.6) is 0 Å². The van der Waals surface area contributed by atoms with Gasteiger partial charge in [0.25, 0.3) is 14.7 Å². The minimum atomic E-state index is -3.75.